The number of nitrogens with one attached hydrogen (secondary N) is 1. The number of aryl methyl sites for hydroxylation is 1. The Labute approximate surface area is 128 Å². The first-order chi connectivity index (χ1) is 10.4. The molecule has 2 aromatic rings. The molecule has 2 atom stereocenters. The van der Waals surface area contributed by atoms with Crippen LogP contribution in [0.5, 0.6) is 0 Å². The molecule has 0 radical (unpaired) electrons. The highest BCUT2D eigenvalue weighted by atomic mass is 16.3. The monoisotopic (exact) mass is 303 g/mol. The predicted molar refractivity (Wildman–Crippen MR) is 83.6 cm³/mol. The lowest BCUT2D eigenvalue weighted by Crippen LogP contribution is -2.46. The smallest absolute Gasteiger partial charge is 0.326 e. The molecule has 1 aromatic heterocycles. The molecule has 2 N–H and O–H groups in total. The summed E-state index contributed by atoms with van der Waals surface area (Å²) in [7, 11) is 0. The average molecular weight is 303 g/mol. The number of aliphatic hydroxyl groups excluding tert-OH is 1. The summed E-state index contributed by atoms with van der Waals surface area (Å²) < 4.78 is 1.66. The summed E-state index contributed by atoms with van der Waals surface area (Å²) in [4.78, 5) is 28.6. The fourth-order valence-electron chi connectivity index (χ4n) is 3.60. The van der Waals surface area contributed by atoms with Gasteiger partial charge in [-0.05, 0) is 26.3 Å². The van der Waals surface area contributed by atoms with Gasteiger partial charge in [0.15, 0.2) is 0 Å². The highest BCUT2D eigenvalue weighted by Crippen LogP contribution is 2.33. The first kappa shape index (κ1) is 14.8. The maximum atomic E-state index is 12.1. The molecule has 6 heteroatoms. The van der Waals surface area contributed by atoms with E-state index in [-0.39, 0.29) is 23.7 Å². The zero-order valence-electron chi connectivity index (χ0n) is 13.0. The number of aliphatic hydroxyl groups is 1. The zero-order chi connectivity index (χ0) is 16.0. The number of carbonyl (C=O) groups is 1. The summed E-state index contributed by atoms with van der Waals surface area (Å²) in [5.74, 6) is -0.0632. The molecule has 118 valence electrons. The normalized spacial score (nSPS) is 21.1. The summed E-state index contributed by atoms with van der Waals surface area (Å²) in [6.07, 6.45) is -0.264. The minimum absolute atomic E-state index is 0.00732. The number of imidazole rings is 1. The van der Waals surface area contributed by atoms with E-state index in [9.17, 15) is 14.7 Å². The number of aromatic amines is 1. The molecule has 0 spiro atoms. The van der Waals surface area contributed by atoms with E-state index in [0.717, 1.165) is 11.0 Å². The molecule has 6 nitrogen and oxygen atoms in total. The molecule has 1 amide bonds. The van der Waals surface area contributed by atoms with Gasteiger partial charge in [0.25, 0.3) is 0 Å². The summed E-state index contributed by atoms with van der Waals surface area (Å²) in [5.41, 5.74) is 2.00. The number of aromatic nitrogens is 2. The van der Waals surface area contributed by atoms with E-state index in [2.05, 4.69) is 4.98 Å². The summed E-state index contributed by atoms with van der Waals surface area (Å²) in [6.45, 7) is 5.87. The number of benzene rings is 1. The van der Waals surface area contributed by atoms with Crippen LogP contribution in [0.4, 0.5) is 0 Å². The van der Waals surface area contributed by atoms with E-state index in [1.807, 2.05) is 32.0 Å². The lowest BCUT2D eigenvalue weighted by Gasteiger charge is -2.36. The second-order valence-corrected chi connectivity index (χ2v) is 6.15. The molecule has 1 aliphatic heterocycles. The van der Waals surface area contributed by atoms with Crippen molar-refractivity contribution in [2.45, 2.75) is 51.9 Å². The molecule has 0 fully saturated rings. The highest BCUT2D eigenvalue weighted by molar-refractivity contribution is 5.80. The number of nitrogens with zero attached hydrogens (tertiary/aromatic N) is 2. The molecule has 0 bridgehead atoms. The van der Waals surface area contributed by atoms with Crippen molar-refractivity contribution in [1.82, 2.24) is 14.5 Å². The molecule has 3 rings (SSSR count). The minimum atomic E-state index is -0.807. The van der Waals surface area contributed by atoms with E-state index in [0.29, 0.717) is 18.5 Å². The van der Waals surface area contributed by atoms with Crippen LogP contribution in [-0.2, 0) is 11.3 Å². The minimum Gasteiger partial charge on any atom is -0.386 e. The van der Waals surface area contributed by atoms with Gasteiger partial charge in [0.1, 0.15) is 6.10 Å². The Kier molecular flexibility index (Phi) is 3.56. The second-order valence-electron chi connectivity index (χ2n) is 6.15. The fourth-order valence-corrected chi connectivity index (χ4v) is 3.60. The number of para-hydroxylation sites is 1. The van der Waals surface area contributed by atoms with Crippen LogP contribution in [0, 0.1) is 0 Å². The van der Waals surface area contributed by atoms with Crippen LogP contribution in [0.15, 0.2) is 23.0 Å². The number of hydrogen-bond donors (Lipinski definition) is 2. The number of carbonyl (C=O) groups excluding carboxylic acids is 1. The van der Waals surface area contributed by atoms with E-state index >= 15 is 0 Å². The number of rotatable bonds is 2. The first-order valence-corrected chi connectivity index (χ1v) is 7.60. The van der Waals surface area contributed by atoms with Gasteiger partial charge in [0, 0.05) is 25.1 Å². The second kappa shape index (κ2) is 5.28. The van der Waals surface area contributed by atoms with Crippen LogP contribution in [0.3, 0.4) is 0 Å². The van der Waals surface area contributed by atoms with E-state index in [1.165, 1.54) is 6.92 Å². The largest absolute Gasteiger partial charge is 0.386 e. The predicted octanol–water partition coefficient (Wildman–Crippen LogP) is 1.39. The Morgan fingerprint density at radius 2 is 2.18 bits per heavy atom. The van der Waals surface area contributed by atoms with Crippen LogP contribution in [0.1, 0.15) is 38.9 Å². The van der Waals surface area contributed by atoms with Gasteiger partial charge >= 0.3 is 5.69 Å². The molecule has 0 unspecified atom stereocenters. The Morgan fingerprint density at radius 3 is 2.82 bits per heavy atom. The van der Waals surface area contributed by atoms with Crippen molar-refractivity contribution in [2.75, 3.05) is 0 Å². The van der Waals surface area contributed by atoms with Crippen molar-refractivity contribution in [3.63, 3.8) is 0 Å². The van der Waals surface area contributed by atoms with Crippen LogP contribution >= 0.6 is 0 Å². The van der Waals surface area contributed by atoms with Gasteiger partial charge in [-0.2, -0.15) is 0 Å². The van der Waals surface area contributed by atoms with Crippen LogP contribution in [0.2, 0.25) is 0 Å². The number of H-pyrrole nitrogens is 1. The third kappa shape index (κ3) is 2.14. The lowest BCUT2D eigenvalue weighted by atomic mass is 9.97. The van der Waals surface area contributed by atoms with Crippen molar-refractivity contribution in [2.24, 2.45) is 0 Å². The summed E-state index contributed by atoms with van der Waals surface area (Å²) in [5, 5.41) is 10.9. The molecular weight excluding hydrogens is 282 g/mol. The van der Waals surface area contributed by atoms with Gasteiger partial charge in [0.05, 0.1) is 17.1 Å². The van der Waals surface area contributed by atoms with E-state index in [1.54, 1.807) is 9.47 Å². The molecule has 2 heterocycles. The van der Waals surface area contributed by atoms with Crippen LogP contribution in [0.25, 0.3) is 11.0 Å². The van der Waals surface area contributed by atoms with Crippen molar-refractivity contribution in [3.05, 3.63) is 34.2 Å². The van der Waals surface area contributed by atoms with Gasteiger partial charge < -0.3 is 15.0 Å². The Morgan fingerprint density at radius 1 is 1.45 bits per heavy atom. The standard InChI is InChI=1S/C16H21N3O3/c1-9(2)19(10(3)20)13-7-8-18-14-11(15(13)21)5-4-6-12(14)17-16(18)22/h4-6,9,13,15,21H,7-8H2,1-3H3,(H,17,22)/t13-,15-/m1/s1. The molecule has 0 saturated carbocycles. The summed E-state index contributed by atoms with van der Waals surface area (Å²) in [6, 6.07) is 5.13. The van der Waals surface area contributed by atoms with Gasteiger partial charge in [0.2, 0.25) is 5.91 Å². The van der Waals surface area contributed by atoms with E-state index in [4.69, 9.17) is 0 Å². The molecular formula is C16H21N3O3. The maximum absolute atomic E-state index is 12.1. The SMILES string of the molecule is CC(=O)N(C(C)C)[C@@H]1CCn2c(=O)[nH]c3cccc(c32)[C@H]1O. The lowest BCUT2D eigenvalue weighted by molar-refractivity contribution is -0.136. The van der Waals surface area contributed by atoms with E-state index < -0.39 is 6.10 Å². The topological polar surface area (TPSA) is 78.3 Å². The van der Waals surface area contributed by atoms with Gasteiger partial charge in [-0.15, -0.1) is 0 Å². The first-order valence-electron chi connectivity index (χ1n) is 7.60. The van der Waals surface area contributed by atoms with Crippen molar-refractivity contribution in [1.29, 1.82) is 0 Å². The molecule has 1 aromatic carbocycles. The Balaban J connectivity index is 2.14. The van der Waals surface area contributed by atoms with Crippen molar-refractivity contribution < 1.29 is 9.90 Å². The van der Waals surface area contributed by atoms with Crippen LogP contribution < -0.4 is 5.69 Å². The third-order valence-electron chi connectivity index (χ3n) is 4.43. The van der Waals surface area contributed by atoms with Gasteiger partial charge in [-0.3, -0.25) is 9.36 Å². The molecule has 0 aliphatic carbocycles. The molecule has 0 saturated heterocycles. The quantitative estimate of drug-likeness (QED) is 0.880. The fraction of sp³-hybridized carbons (Fsp3) is 0.500. The number of hydrogen-bond acceptors (Lipinski definition) is 3. The molecule has 1 aliphatic rings. The van der Waals surface area contributed by atoms with Gasteiger partial charge in [-0.25, -0.2) is 4.79 Å². The van der Waals surface area contributed by atoms with Crippen molar-refractivity contribution >= 4 is 16.9 Å². The Hall–Kier alpha value is -2.08. The van der Waals surface area contributed by atoms with Gasteiger partial charge in [-0.1, -0.05) is 12.1 Å². The third-order valence-corrected chi connectivity index (χ3v) is 4.43. The maximum Gasteiger partial charge on any atom is 0.326 e. The van der Waals surface area contributed by atoms with Crippen LogP contribution in [-0.4, -0.2) is 37.5 Å². The number of amides is 1. The Bertz CT molecular complexity index is 775. The zero-order valence-corrected chi connectivity index (χ0v) is 13.0. The highest BCUT2D eigenvalue weighted by Gasteiger charge is 2.34. The molecule has 22 heavy (non-hydrogen) atoms. The summed E-state index contributed by atoms with van der Waals surface area (Å²) >= 11 is 0. The van der Waals surface area contributed by atoms with Crippen molar-refractivity contribution in [3.8, 4) is 0 Å². The average Bonchev–Trinajstić information content (AvgIpc) is 2.68.